The van der Waals surface area contributed by atoms with Gasteiger partial charge in [-0.05, 0) is 62.2 Å². The normalized spacial score (nSPS) is 15.8. The molecule has 1 saturated heterocycles. The molecule has 2 aromatic carbocycles. The van der Waals surface area contributed by atoms with Crippen LogP contribution in [-0.2, 0) is 24.8 Å². The van der Waals surface area contributed by atoms with Crippen molar-refractivity contribution in [3.63, 3.8) is 0 Å². The highest BCUT2D eigenvalue weighted by Crippen LogP contribution is 2.28. The monoisotopic (exact) mass is 577 g/mol. The fourth-order valence-electron chi connectivity index (χ4n) is 3.93. The van der Waals surface area contributed by atoms with E-state index in [0.29, 0.717) is 18.8 Å². The average Bonchev–Trinajstić information content (AvgIpc) is 2.81. The summed E-state index contributed by atoms with van der Waals surface area (Å²) in [4.78, 5) is 12.9. The Bertz CT molecular complexity index is 1260. The van der Waals surface area contributed by atoms with Gasteiger partial charge in [0, 0.05) is 23.1 Å². The number of halogens is 2. The molecule has 1 aliphatic heterocycles. The minimum absolute atomic E-state index is 0.0958. The summed E-state index contributed by atoms with van der Waals surface area (Å²) < 4.78 is 58.3. The molecule has 0 unspecified atom stereocenters. The molecule has 13 heteroatoms. The Morgan fingerprint density at radius 3 is 2.17 bits per heavy atom. The van der Waals surface area contributed by atoms with E-state index in [1.165, 1.54) is 41.6 Å². The van der Waals surface area contributed by atoms with Gasteiger partial charge < -0.3 is 10.1 Å². The van der Waals surface area contributed by atoms with E-state index in [2.05, 4.69) is 5.32 Å². The number of nitrogens with one attached hydrogen (secondary N) is 1. The lowest BCUT2D eigenvalue weighted by Crippen LogP contribution is -2.48. The molecule has 198 valence electrons. The standard InChI is InChI=1S/C23H29Cl2N3O6S2/c1-17(28(35(2,30)31)20-15-18(24)14-19(25)16-20)23(29)26-10-13-34-21-6-8-22(9-7-21)36(32,33)27-11-4-3-5-12-27/h6-9,14-17H,3-5,10-13H2,1-2H3,(H,26,29)/t17-/m1/s1. The molecule has 1 fully saturated rings. The third-order valence-corrected chi connectivity index (χ3v) is 9.23. The molecule has 1 heterocycles. The Labute approximate surface area is 222 Å². The first kappa shape index (κ1) is 28.5. The van der Waals surface area contributed by atoms with Gasteiger partial charge in [-0.3, -0.25) is 9.10 Å². The van der Waals surface area contributed by atoms with E-state index in [1.807, 2.05) is 0 Å². The molecular weight excluding hydrogens is 549 g/mol. The van der Waals surface area contributed by atoms with Crippen LogP contribution in [-0.4, -0.2) is 65.6 Å². The van der Waals surface area contributed by atoms with Crippen molar-refractivity contribution >= 4 is 54.8 Å². The van der Waals surface area contributed by atoms with Gasteiger partial charge in [-0.25, -0.2) is 16.8 Å². The van der Waals surface area contributed by atoms with Crippen molar-refractivity contribution in [2.24, 2.45) is 0 Å². The van der Waals surface area contributed by atoms with Crippen molar-refractivity contribution in [1.82, 2.24) is 9.62 Å². The molecule has 0 aromatic heterocycles. The minimum atomic E-state index is -3.82. The summed E-state index contributed by atoms with van der Waals surface area (Å²) >= 11 is 12.0. The fraction of sp³-hybridized carbons (Fsp3) is 0.435. The maximum absolute atomic E-state index is 12.7. The molecule has 1 N–H and O–H groups in total. The van der Waals surface area contributed by atoms with Crippen molar-refractivity contribution in [3.8, 4) is 5.75 Å². The van der Waals surface area contributed by atoms with Crippen LogP contribution in [0.2, 0.25) is 10.0 Å². The van der Waals surface area contributed by atoms with Crippen molar-refractivity contribution in [3.05, 3.63) is 52.5 Å². The maximum atomic E-state index is 12.7. The number of hydrogen-bond acceptors (Lipinski definition) is 6. The van der Waals surface area contributed by atoms with Gasteiger partial charge in [0.25, 0.3) is 0 Å². The van der Waals surface area contributed by atoms with Gasteiger partial charge in [-0.15, -0.1) is 0 Å². The number of ether oxygens (including phenoxy) is 1. The van der Waals surface area contributed by atoms with E-state index in [4.69, 9.17) is 27.9 Å². The van der Waals surface area contributed by atoms with E-state index in [9.17, 15) is 21.6 Å². The summed E-state index contributed by atoms with van der Waals surface area (Å²) in [7, 11) is -7.35. The topological polar surface area (TPSA) is 113 Å². The zero-order chi connectivity index (χ0) is 26.5. The highest BCUT2D eigenvalue weighted by atomic mass is 35.5. The second-order valence-electron chi connectivity index (χ2n) is 8.44. The zero-order valence-corrected chi connectivity index (χ0v) is 23.1. The molecule has 0 saturated carbocycles. The molecule has 3 rings (SSSR count). The summed E-state index contributed by atoms with van der Waals surface area (Å²) in [5.41, 5.74) is 0.175. The SMILES string of the molecule is C[C@H](C(=O)NCCOc1ccc(S(=O)(=O)N2CCCCC2)cc1)N(c1cc(Cl)cc(Cl)c1)S(C)(=O)=O. The number of carbonyl (C=O) groups is 1. The Kier molecular flexibility index (Phi) is 9.50. The van der Waals surface area contributed by atoms with E-state index < -0.39 is 32.0 Å². The number of amides is 1. The second-order valence-corrected chi connectivity index (χ2v) is 13.1. The van der Waals surface area contributed by atoms with Gasteiger partial charge >= 0.3 is 0 Å². The Hall–Kier alpha value is -2.05. The molecular formula is C23H29Cl2N3O6S2. The summed E-state index contributed by atoms with van der Waals surface area (Å²) in [5, 5.41) is 3.12. The van der Waals surface area contributed by atoms with Crippen LogP contribution in [0.3, 0.4) is 0 Å². The number of piperidine rings is 1. The van der Waals surface area contributed by atoms with Crippen LogP contribution >= 0.6 is 23.2 Å². The first-order valence-electron chi connectivity index (χ1n) is 11.4. The number of rotatable bonds is 10. The average molecular weight is 579 g/mol. The second kappa shape index (κ2) is 12.0. The van der Waals surface area contributed by atoms with Gasteiger partial charge in [0.2, 0.25) is 26.0 Å². The van der Waals surface area contributed by atoms with Crippen LogP contribution in [0.5, 0.6) is 5.75 Å². The van der Waals surface area contributed by atoms with E-state index in [0.717, 1.165) is 29.8 Å². The first-order chi connectivity index (χ1) is 16.9. The van der Waals surface area contributed by atoms with Crippen LogP contribution in [0, 0.1) is 0 Å². The third kappa shape index (κ3) is 7.25. The predicted octanol–water partition coefficient (Wildman–Crippen LogP) is 3.52. The number of benzene rings is 2. The quantitative estimate of drug-likeness (QED) is 0.432. The Balaban J connectivity index is 1.56. The van der Waals surface area contributed by atoms with Crippen LogP contribution < -0.4 is 14.4 Å². The maximum Gasteiger partial charge on any atom is 0.243 e. The minimum Gasteiger partial charge on any atom is -0.492 e. The Morgan fingerprint density at radius 2 is 1.61 bits per heavy atom. The predicted molar refractivity (Wildman–Crippen MR) is 141 cm³/mol. The van der Waals surface area contributed by atoms with Crippen molar-refractivity contribution in [2.45, 2.75) is 37.1 Å². The summed E-state index contributed by atoms with van der Waals surface area (Å²) in [6, 6.07) is 9.34. The molecule has 9 nitrogen and oxygen atoms in total. The smallest absolute Gasteiger partial charge is 0.243 e. The van der Waals surface area contributed by atoms with Crippen molar-refractivity contribution in [1.29, 1.82) is 0 Å². The lowest BCUT2D eigenvalue weighted by atomic mass is 10.2. The molecule has 36 heavy (non-hydrogen) atoms. The number of carbonyl (C=O) groups excluding carboxylic acids is 1. The lowest BCUT2D eigenvalue weighted by Gasteiger charge is -2.28. The van der Waals surface area contributed by atoms with Gasteiger partial charge in [0.05, 0.1) is 23.4 Å². The number of hydrogen-bond donors (Lipinski definition) is 1. The molecule has 1 amide bonds. The van der Waals surface area contributed by atoms with Gasteiger partial charge in [0.15, 0.2) is 0 Å². The summed E-state index contributed by atoms with van der Waals surface area (Å²) in [5.74, 6) is -0.0932. The number of anilines is 1. The molecule has 2 aromatic rings. The molecule has 0 aliphatic carbocycles. The van der Waals surface area contributed by atoms with Crippen LogP contribution in [0.15, 0.2) is 47.4 Å². The van der Waals surface area contributed by atoms with Crippen molar-refractivity contribution < 1.29 is 26.4 Å². The largest absolute Gasteiger partial charge is 0.492 e. The van der Waals surface area contributed by atoms with Crippen molar-refractivity contribution in [2.75, 3.05) is 36.8 Å². The fourth-order valence-corrected chi connectivity index (χ4v) is 7.12. The molecule has 0 radical (unpaired) electrons. The molecule has 1 aliphatic rings. The van der Waals surface area contributed by atoms with E-state index in [1.54, 1.807) is 12.1 Å². The van der Waals surface area contributed by atoms with Gasteiger partial charge in [-0.2, -0.15) is 4.31 Å². The number of nitrogens with zero attached hydrogens (tertiary/aromatic N) is 2. The Morgan fingerprint density at radius 1 is 1.03 bits per heavy atom. The summed E-state index contributed by atoms with van der Waals surface area (Å²) in [6.07, 6.45) is 3.75. The van der Waals surface area contributed by atoms with Crippen LogP contribution in [0.4, 0.5) is 5.69 Å². The highest BCUT2D eigenvalue weighted by molar-refractivity contribution is 7.92. The highest BCUT2D eigenvalue weighted by Gasteiger charge is 2.29. The van der Waals surface area contributed by atoms with E-state index >= 15 is 0 Å². The number of sulfonamides is 2. The third-order valence-electron chi connectivity index (χ3n) is 5.64. The zero-order valence-electron chi connectivity index (χ0n) is 20.0. The summed E-state index contributed by atoms with van der Waals surface area (Å²) in [6.45, 7) is 2.71. The lowest BCUT2D eigenvalue weighted by molar-refractivity contribution is -0.121. The van der Waals surface area contributed by atoms with Crippen LogP contribution in [0.25, 0.3) is 0 Å². The van der Waals surface area contributed by atoms with E-state index in [-0.39, 0.29) is 33.8 Å². The first-order valence-corrected chi connectivity index (χ1v) is 15.4. The molecule has 0 spiro atoms. The molecule has 1 atom stereocenters. The molecule has 0 bridgehead atoms. The van der Waals surface area contributed by atoms with Gasteiger partial charge in [0.1, 0.15) is 18.4 Å². The van der Waals surface area contributed by atoms with Crippen LogP contribution in [0.1, 0.15) is 26.2 Å². The van der Waals surface area contributed by atoms with Gasteiger partial charge in [-0.1, -0.05) is 29.6 Å².